The van der Waals surface area contributed by atoms with Gasteiger partial charge in [-0.3, -0.25) is 4.79 Å². The summed E-state index contributed by atoms with van der Waals surface area (Å²) in [5, 5.41) is -0.0986. The van der Waals surface area contributed by atoms with Gasteiger partial charge >= 0.3 is 6.18 Å². The molecule has 0 atom stereocenters. The summed E-state index contributed by atoms with van der Waals surface area (Å²) in [6.45, 7) is 0.535. The van der Waals surface area contributed by atoms with Gasteiger partial charge in [-0.05, 0) is 36.4 Å². The highest BCUT2D eigenvalue weighted by Gasteiger charge is 2.40. The lowest BCUT2D eigenvalue weighted by Crippen LogP contribution is -2.15. The van der Waals surface area contributed by atoms with Crippen molar-refractivity contribution in [2.75, 3.05) is 13.9 Å². The van der Waals surface area contributed by atoms with Gasteiger partial charge in [0.25, 0.3) is 5.76 Å². The van der Waals surface area contributed by atoms with Crippen molar-refractivity contribution >= 4 is 26.9 Å². The molecule has 0 saturated carbocycles. The predicted molar refractivity (Wildman–Crippen MR) is 129 cm³/mol. The van der Waals surface area contributed by atoms with Gasteiger partial charge in [0.2, 0.25) is 11.2 Å². The number of hydrogen-bond acceptors (Lipinski definition) is 7. The Morgan fingerprint density at radius 3 is 2.62 bits per heavy atom. The van der Waals surface area contributed by atoms with E-state index >= 15 is 0 Å². The van der Waals surface area contributed by atoms with E-state index in [-0.39, 0.29) is 35.9 Å². The molecule has 1 aliphatic rings. The van der Waals surface area contributed by atoms with Crippen LogP contribution in [-0.2, 0) is 24.1 Å². The maximum Gasteiger partial charge on any atom is 0.453 e. The van der Waals surface area contributed by atoms with Crippen molar-refractivity contribution in [2.45, 2.75) is 19.4 Å². The summed E-state index contributed by atoms with van der Waals surface area (Å²) in [7, 11) is 1.40. The zero-order valence-electron chi connectivity index (χ0n) is 19.2. The minimum Gasteiger partial charge on any atom is -0.497 e. The minimum atomic E-state index is -4.99. The first-order chi connectivity index (χ1) is 17.7. The van der Waals surface area contributed by atoms with Gasteiger partial charge in [0.05, 0.1) is 19.1 Å². The fourth-order valence-corrected chi connectivity index (χ4v) is 4.39. The van der Waals surface area contributed by atoms with Crippen molar-refractivity contribution in [1.82, 2.24) is 0 Å². The molecule has 0 bridgehead atoms. The van der Waals surface area contributed by atoms with E-state index in [1.807, 2.05) is 12.1 Å². The number of rotatable bonds is 6. The average molecular weight is 579 g/mol. The molecule has 0 aliphatic carbocycles. The second kappa shape index (κ2) is 9.98. The van der Waals surface area contributed by atoms with Crippen LogP contribution in [-0.4, -0.2) is 13.9 Å². The lowest BCUT2D eigenvalue weighted by Gasteiger charge is -2.21. The highest BCUT2D eigenvalue weighted by atomic mass is 79.9. The molecular weight excluding hydrogens is 561 g/mol. The van der Waals surface area contributed by atoms with E-state index in [0.29, 0.717) is 23.7 Å². The molecule has 0 N–H and O–H groups in total. The molecule has 37 heavy (non-hydrogen) atoms. The summed E-state index contributed by atoms with van der Waals surface area (Å²) < 4.78 is 74.7. The smallest absolute Gasteiger partial charge is 0.453 e. The standard InChI is InChI=1S/C26H18BrF3O7/c1-32-17-3-2-4-19(9-17)36-24-22(31)20-6-5-18(10-21(20)37-25(24)26(28,29)30)34-12-15-8-16(27)7-14-11-33-13-35-23(14)15/h2-10H,11-13H2,1H3. The fourth-order valence-electron chi connectivity index (χ4n) is 3.83. The number of benzene rings is 3. The van der Waals surface area contributed by atoms with E-state index in [1.54, 1.807) is 6.07 Å². The van der Waals surface area contributed by atoms with Crippen molar-refractivity contribution in [1.29, 1.82) is 0 Å². The van der Waals surface area contributed by atoms with Crippen LogP contribution >= 0.6 is 15.9 Å². The predicted octanol–water partition coefficient (Wildman–Crippen LogP) is 6.82. The van der Waals surface area contributed by atoms with Gasteiger partial charge in [0.1, 0.15) is 35.2 Å². The third-order valence-electron chi connectivity index (χ3n) is 5.49. The molecule has 7 nitrogen and oxygen atoms in total. The van der Waals surface area contributed by atoms with Crippen molar-refractivity contribution in [3.8, 4) is 28.7 Å². The van der Waals surface area contributed by atoms with Crippen LogP contribution in [0.15, 0.2) is 68.3 Å². The molecule has 192 valence electrons. The molecule has 11 heteroatoms. The largest absolute Gasteiger partial charge is 0.497 e. The maximum atomic E-state index is 13.9. The summed E-state index contributed by atoms with van der Waals surface area (Å²) in [5.74, 6) is -1.36. The van der Waals surface area contributed by atoms with Gasteiger partial charge in [-0.25, -0.2) is 0 Å². The summed E-state index contributed by atoms with van der Waals surface area (Å²) in [4.78, 5) is 13.1. The topological polar surface area (TPSA) is 76.4 Å². The number of ether oxygens (including phenoxy) is 5. The molecule has 0 unspecified atom stereocenters. The Bertz CT molecular complexity index is 1530. The first kappa shape index (κ1) is 25.0. The Balaban J connectivity index is 1.49. The van der Waals surface area contributed by atoms with Crippen molar-refractivity contribution in [2.24, 2.45) is 0 Å². The monoisotopic (exact) mass is 578 g/mol. The number of halogens is 4. The van der Waals surface area contributed by atoms with E-state index < -0.39 is 23.1 Å². The van der Waals surface area contributed by atoms with E-state index in [4.69, 9.17) is 28.1 Å². The van der Waals surface area contributed by atoms with Crippen LogP contribution in [0.1, 0.15) is 16.9 Å². The SMILES string of the molecule is COc1cccc(Oc2c(C(F)(F)F)oc3cc(OCc4cc(Br)cc5c4OCOC5)ccc3c2=O)c1. The summed E-state index contributed by atoms with van der Waals surface area (Å²) in [6.07, 6.45) is -4.99. The first-order valence-corrected chi connectivity index (χ1v) is 11.7. The molecule has 0 saturated heterocycles. The number of hydrogen-bond donors (Lipinski definition) is 0. The van der Waals surface area contributed by atoms with Crippen LogP contribution in [0.3, 0.4) is 0 Å². The Hall–Kier alpha value is -3.70. The Morgan fingerprint density at radius 1 is 1.03 bits per heavy atom. The van der Waals surface area contributed by atoms with E-state index in [0.717, 1.165) is 10.0 Å². The second-order valence-corrected chi connectivity index (χ2v) is 8.89. The van der Waals surface area contributed by atoms with E-state index in [9.17, 15) is 18.0 Å². The molecule has 5 rings (SSSR count). The third kappa shape index (κ3) is 5.23. The van der Waals surface area contributed by atoms with E-state index in [2.05, 4.69) is 15.9 Å². The highest BCUT2D eigenvalue weighted by Crippen LogP contribution is 2.39. The number of methoxy groups -OCH3 is 1. The molecule has 1 aromatic heterocycles. The fraction of sp³-hybridized carbons (Fsp3) is 0.192. The van der Waals surface area contributed by atoms with Gasteiger partial charge in [0.15, 0.2) is 6.79 Å². The maximum absolute atomic E-state index is 13.9. The molecular formula is C26H18BrF3O7. The van der Waals surface area contributed by atoms with Crippen molar-refractivity contribution < 1.29 is 41.3 Å². The molecule has 0 spiro atoms. The number of fused-ring (bicyclic) bond motifs is 2. The molecule has 2 heterocycles. The Labute approximate surface area is 216 Å². The van der Waals surface area contributed by atoms with Crippen LogP contribution < -0.4 is 24.4 Å². The van der Waals surface area contributed by atoms with Gasteiger partial charge < -0.3 is 28.1 Å². The molecule has 4 aromatic rings. The summed E-state index contributed by atoms with van der Waals surface area (Å²) >= 11 is 3.43. The summed E-state index contributed by atoms with van der Waals surface area (Å²) in [6, 6.07) is 13.6. The van der Waals surface area contributed by atoms with Gasteiger partial charge in [-0.15, -0.1) is 0 Å². The normalized spacial score (nSPS) is 13.1. The van der Waals surface area contributed by atoms with Gasteiger partial charge in [0, 0.05) is 27.7 Å². The molecule has 0 fully saturated rings. The highest BCUT2D eigenvalue weighted by molar-refractivity contribution is 9.10. The lowest BCUT2D eigenvalue weighted by molar-refractivity contribution is -0.154. The van der Waals surface area contributed by atoms with Crippen LogP contribution in [0, 0.1) is 0 Å². The zero-order chi connectivity index (χ0) is 26.2. The van der Waals surface area contributed by atoms with Crippen LogP contribution in [0.5, 0.6) is 28.7 Å². The quantitative estimate of drug-likeness (QED) is 0.248. The molecule has 0 radical (unpaired) electrons. The van der Waals surface area contributed by atoms with Crippen LogP contribution in [0.2, 0.25) is 0 Å². The Kier molecular flexibility index (Phi) is 6.74. The zero-order valence-corrected chi connectivity index (χ0v) is 20.8. The van der Waals surface area contributed by atoms with Gasteiger partial charge in [-0.2, -0.15) is 13.2 Å². The minimum absolute atomic E-state index is 0.0126. The average Bonchev–Trinajstić information content (AvgIpc) is 2.88. The molecule has 0 amide bonds. The van der Waals surface area contributed by atoms with Crippen LogP contribution in [0.25, 0.3) is 11.0 Å². The van der Waals surface area contributed by atoms with Gasteiger partial charge in [-0.1, -0.05) is 22.0 Å². The number of alkyl halides is 3. The van der Waals surface area contributed by atoms with E-state index in [1.165, 1.54) is 43.5 Å². The van der Waals surface area contributed by atoms with Crippen molar-refractivity contribution in [3.63, 3.8) is 0 Å². The molecule has 1 aliphatic heterocycles. The lowest BCUT2D eigenvalue weighted by atomic mass is 10.1. The summed E-state index contributed by atoms with van der Waals surface area (Å²) in [5.41, 5.74) is 0.278. The van der Waals surface area contributed by atoms with Crippen LogP contribution in [0.4, 0.5) is 13.2 Å². The third-order valence-corrected chi connectivity index (χ3v) is 5.94. The Morgan fingerprint density at radius 2 is 1.84 bits per heavy atom. The second-order valence-electron chi connectivity index (χ2n) is 7.98. The first-order valence-electron chi connectivity index (χ1n) is 10.9. The molecule has 3 aromatic carbocycles. The van der Waals surface area contributed by atoms with Crippen molar-refractivity contribution in [3.05, 3.63) is 86.2 Å².